The van der Waals surface area contributed by atoms with Crippen LogP contribution in [0.15, 0.2) is 36.8 Å². The van der Waals surface area contributed by atoms with E-state index in [9.17, 15) is 0 Å². The first-order chi connectivity index (χ1) is 10.9. The van der Waals surface area contributed by atoms with E-state index in [1.807, 2.05) is 24.4 Å². The summed E-state index contributed by atoms with van der Waals surface area (Å²) in [7, 11) is 1.61. The van der Waals surface area contributed by atoms with Gasteiger partial charge in [0.25, 0.3) is 0 Å². The minimum Gasteiger partial charge on any atom is -0.493 e. The summed E-state index contributed by atoms with van der Waals surface area (Å²) < 4.78 is 20.6. The highest BCUT2D eigenvalue weighted by Crippen LogP contribution is 2.46. The zero-order valence-electron chi connectivity index (χ0n) is 11.6. The van der Waals surface area contributed by atoms with Crippen molar-refractivity contribution in [2.75, 3.05) is 13.9 Å². The first-order valence-electron chi connectivity index (χ1n) is 6.56. The fourth-order valence-electron chi connectivity index (χ4n) is 2.36. The molecule has 0 N–H and O–H groups in total. The normalized spacial score (nSPS) is 12.4. The highest BCUT2D eigenvalue weighted by Gasteiger charge is 2.22. The van der Waals surface area contributed by atoms with Crippen molar-refractivity contribution in [3.63, 3.8) is 0 Å². The Morgan fingerprint density at radius 3 is 2.91 bits per heavy atom. The molecule has 22 heavy (non-hydrogen) atoms. The monoisotopic (exact) mass is 313 g/mol. The molecular weight excluding hydrogens is 302 g/mol. The van der Waals surface area contributed by atoms with E-state index >= 15 is 0 Å². The van der Waals surface area contributed by atoms with Gasteiger partial charge >= 0.3 is 0 Å². The zero-order chi connectivity index (χ0) is 14.9. The molecule has 1 aliphatic heterocycles. The van der Waals surface area contributed by atoms with Gasteiger partial charge in [0.15, 0.2) is 11.5 Å². The summed E-state index contributed by atoms with van der Waals surface area (Å²) in [4.78, 5) is 1.02. The van der Waals surface area contributed by atoms with Crippen molar-refractivity contribution in [3.05, 3.63) is 36.8 Å². The Morgan fingerprint density at radius 1 is 1.14 bits per heavy atom. The van der Waals surface area contributed by atoms with Gasteiger partial charge in [0.05, 0.1) is 24.4 Å². The molecule has 0 radical (unpaired) electrons. The highest BCUT2D eigenvalue weighted by molar-refractivity contribution is 7.10. The number of fused-ring (bicyclic) bond motifs is 1. The lowest BCUT2D eigenvalue weighted by atomic mass is 10.0. The molecule has 7 heteroatoms. The molecule has 0 aliphatic carbocycles. The fraction of sp³-hybridized carbons (Fsp3) is 0.133. The predicted molar refractivity (Wildman–Crippen MR) is 81.3 cm³/mol. The number of nitrogens with zero attached hydrogens (tertiary/aromatic N) is 3. The minimum atomic E-state index is 0.207. The van der Waals surface area contributed by atoms with E-state index in [2.05, 4.69) is 14.6 Å². The van der Waals surface area contributed by atoms with Crippen molar-refractivity contribution in [2.45, 2.75) is 0 Å². The number of hydrogen-bond donors (Lipinski definition) is 0. The van der Waals surface area contributed by atoms with Gasteiger partial charge in [0.1, 0.15) is 0 Å². The molecule has 0 fully saturated rings. The number of aromatic nitrogens is 3. The van der Waals surface area contributed by atoms with Gasteiger partial charge in [-0.05, 0) is 29.7 Å². The van der Waals surface area contributed by atoms with Gasteiger partial charge < -0.3 is 14.2 Å². The molecule has 2 aromatic heterocycles. The van der Waals surface area contributed by atoms with Crippen LogP contribution < -0.4 is 14.2 Å². The Balaban J connectivity index is 1.86. The molecule has 6 nitrogen and oxygen atoms in total. The largest absolute Gasteiger partial charge is 0.493 e. The summed E-state index contributed by atoms with van der Waals surface area (Å²) in [6.45, 7) is 0.207. The van der Waals surface area contributed by atoms with Crippen molar-refractivity contribution >= 4 is 11.5 Å². The lowest BCUT2D eigenvalue weighted by molar-refractivity contribution is 0.171. The van der Waals surface area contributed by atoms with E-state index < -0.39 is 0 Å². The molecule has 0 atom stereocenters. The standard InChI is InChI=1S/C15H11N3O3S/c1-19-12-4-10(5-13-14(12)21-8-20-13)15-11(7-18-22-15)9-2-3-16-17-6-9/h2-7H,8H2,1H3. The quantitative estimate of drug-likeness (QED) is 0.740. The first-order valence-corrected chi connectivity index (χ1v) is 7.34. The van der Waals surface area contributed by atoms with Gasteiger partial charge in [-0.3, -0.25) is 0 Å². The van der Waals surface area contributed by atoms with Crippen LogP contribution in [0, 0.1) is 0 Å². The molecule has 110 valence electrons. The molecule has 1 aliphatic rings. The van der Waals surface area contributed by atoms with Crippen LogP contribution >= 0.6 is 11.5 Å². The SMILES string of the molecule is COc1cc(-c2sncc2-c2ccnnc2)cc2c1OCO2. The second-order valence-electron chi connectivity index (χ2n) is 4.61. The van der Waals surface area contributed by atoms with Crippen LogP contribution in [-0.2, 0) is 0 Å². The fourth-order valence-corrected chi connectivity index (χ4v) is 3.12. The lowest BCUT2D eigenvalue weighted by Gasteiger charge is -2.08. The number of hydrogen-bond acceptors (Lipinski definition) is 7. The Bertz CT molecular complexity index is 820. The Hall–Kier alpha value is -2.67. The third kappa shape index (κ3) is 2.06. The van der Waals surface area contributed by atoms with Gasteiger partial charge in [0.2, 0.25) is 12.5 Å². The van der Waals surface area contributed by atoms with Crippen LogP contribution in [0.25, 0.3) is 21.6 Å². The predicted octanol–water partition coefficient (Wildman–Crippen LogP) is 3.00. The van der Waals surface area contributed by atoms with Crippen LogP contribution in [0.1, 0.15) is 0 Å². The van der Waals surface area contributed by atoms with Crippen molar-refractivity contribution in [1.82, 2.24) is 14.6 Å². The third-order valence-electron chi connectivity index (χ3n) is 3.39. The molecular formula is C15H11N3O3S. The summed E-state index contributed by atoms with van der Waals surface area (Å²) in [5, 5.41) is 7.73. The van der Waals surface area contributed by atoms with Crippen molar-refractivity contribution < 1.29 is 14.2 Å². The lowest BCUT2D eigenvalue weighted by Crippen LogP contribution is -1.93. The number of benzene rings is 1. The first kappa shape index (κ1) is 13.0. The summed E-state index contributed by atoms with van der Waals surface area (Å²) in [6, 6.07) is 5.78. The van der Waals surface area contributed by atoms with E-state index in [0.717, 1.165) is 21.6 Å². The van der Waals surface area contributed by atoms with Crippen LogP contribution in [0.3, 0.4) is 0 Å². The molecule has 0 saturated heterocycles. The van der Waals surface area contributed by atoms with E-state index in [1.165, 1.54) is 11.5 Å². The smallest absolute Gasteiger partial charge is 0.231 e. The molecule has 3 heterocycles. The van der Waals surface area contributed by atoms with Crippen molar-refractivity contribution in [1.29, 1.82) is 0 Å². The van der Waals surface area contributed by atoms with E-state index in [-0.39, 0.29) is 6.79 Å². The molecule has 4 rings (SSSR count). The third-order valence-corrected chi connectivity index (χ3v) is 4.24. The molecule has 0 spiro atoms. The van der Waals surface area contributed by atoms with E-state index in [0.29, 0.717) is 17.2 Å². The maximum Gasteiger partial charge on any atom is 0.231 e. The van der Waals surface area contributed by atoms with Crippen LogP contribution in [0.5, 0.6) is 17.2 Å². The number of rotatable bonds is 3. The summed E-state index contributed by atoms with van der Waals surface area (Å²) in [5.74, 6) is 1.97. The summed E-state index contributed by atoms with van der Waals surface area (Å²) in [6.07, 6.45) is 5.21. The second-order valence-corrected chi connectivity index (χ2v) is 5.41. The van der Waals surface area contributed by atoms with Gasteiger partial charge in [-0.2, -0.15) is 14.6 Å². The molecule has 3 aromatic rings. The molecule has 0 saturated carbocycles. The second kappa shape index (κ2) is 5.27. The Morgan fingerprint density at radius 2 is 2.09 bits per heavy atom. The Labute approximate surface area is 130 Å². The number of methoxy groups -OCH3 is 1. The van der Waals surface area contributed by atoms with Crippen LogP contribution in [0.4, 0.5) is 0 Å². The zero-order valence-corrected chi connectivity index (χ0v) is 12.5. The van der Waals surface area contributed by atoms with Gasteiger partial charge in [-0.15, -0.1) is 0 Å². The molecule has 1 aromatic carbocycles. The van der Waals surface area contributed by atoms with Crippen molar-refractivity contribution in [3.8, 4) is 38.8 Å². The van der Waals surface area contributed by atoms with Gasteiger partial charge in [-0.1, -0.05) is 0 Å². The average molecular weight is 313 g/mol. The Kier molecular flexibility index (Phi) is 3.12. The van der Waals surface area contributed by atoms with Gasteiger partial charge in [-0.25, -0.2) is 0 Å². The van der Waals surface area contributed by atoms with Crippen molar-refractivity contribution in [2.24, 2.45) is 0 Å². The van der Waals surface area contributed by atoms with E-state index in [4.69, 9.17) is 14.2 Å². The van der Waals surface area contributed by atoms with E-state index in [1.54, 1.807) is 19.5 Å². The summed E-state index contributed by atoms with van der Waals surface area (Å²) >= 11 is 1.41. The number of ether oxygens (including phenoxy) is 3. The molecule has 0 bridgehead atoms. The average Bonchev–Trinajstić information content (AvgIpc) is 3.23. The molecule has 0 amide bonds. The van der Waals surface area contributed by atoms with Crippen LogP contribution in [-0.4, -0.2) is 28.5 Å². The maximum absolute atomic E-state index is 5.48. The maximum atomic E-state index is 5.48. The topological polar surface area (TPSA) is 66.4 Å². The minimum absolute atomic E-state index is 0.207. The van der Waals surface area contributed by atoms with Crippen LogP contribution in [0.2, 0.25) is 0 Å². The molecule has 0 unspecified atom stereocenters. The summed E-state index contributed by atoms with van der Waals surface area (Å²) in [5.41, 5.74) is 2.94. The van der Waals surface area contributed by atoms with Gasteiger partial charge in [0, 0.05) is 22.9 Å². The highest BCUT2D eigenvalue weighted by atomic mass is 32.1.